The molecule has 0 aliphatic carbocycles. The third kappa shape index (κ3) is 4.01. The highest BCUT2D eigenvalue weighted by Crippen LogP contribution is 2.24. The third-order valence-corrected chi connectivity index (χ3v) is 6.49. The van der Waals surface area contributed by atoms with Crippen LogP contribution in [0.25, 0.3) is 0 Å². The molecule has 0 spiro atoms. The van der Waals surface area contributed by atoms with Crippen LogP contribution in [-0.4, -0.2) is 41.7 Å². The molecule has 1 aromatic heterocycles. The second kappa shape index (κ2) is 7.49. The largest absolute Gasteiger partial charge is 0.326 e. The molecule has 1 aliphatic rings. The number of anilines is 1. The highest BCUT2D eigenvalue weighted by molar-refractivity contribution is 7.89. The average molecular weight is 392 g/mol. The number of hydrogen-bond acceptors (Lipinski definition) is 5. The van der Waals surface area contributed by atoms with E-state index in [2.05, 4.69) is 10.3 Å². The fourth-order valence-corrected chi connectivity index (χ4v) is 4.90. The Hall–Kier alpha value is -2.72. The van der Waals surface area contributed by atoms with E-state index in [1.54, 1.807) is 24.3 Å². The van der Waals surface area contributed by atoms with E-state index < -0.39 is 32.1 Å². The van der Waals surface area contributed by atoms with Gasteiger partial charge < -0.3 is 10.3 Å². The summed E-state index contributed by atoms with van der Waals surface area (Å²) < 4.78 is 27.0. The SMILES string of the molecule is Cc1[nH]c(=O)[nH]c(=O)c1S(=O)(=O)N1CCCC(C(=O)Nc2ccccc2)C1. The molecule has 1 aromatic carbocycles. The summed E-state index contributed by atoms with van der Waals surface area (Å²) in [4.78, 5) is 39.6. The Balaban J connectivity index is 1.82. The van der Waals surface area contributed by atoms with Crippen molar-refractivity contribution in [3.05, 3.63) is 56.9 Å². The number of para-hydroxylation sites is 1. The maximum absolute atomic E-state index is 12.9. The highest BCUT2D eigenvalue weighted by atomic mass is 32.2. The van der Waals surface area contributed by atoms with Crippen LogP contribution < -0.4 is 16.6 Å². The van der Waals surface area contributed by atoms with Gasteiger partial charge in [0, 0.05) is 24.5 Å². The summed E-state index contributed by atoms with van der Waals surface area (Å²) in [6.45, 7) is 1.53. The van der Waals surface area contributed by atoms with Crippen LogP contribution >= 0.6 is 0 Å². The first-order valence-electron chi connectivity index (χ1n) is 8.48. The second-order valence-electron chi connectivity index (χ2n) is 6.42. The van der Waals surface area contributed by atoms with Gasteiger partial charge in [0.25, 0.3) is 5.56 Å². The van der Waals surface area contributed by atoms with Gasteiger partial charge in [0.2, 0.25) is 15.9 Å². The van der Waals surface area contributed by atoms with Gasteiger partial charge in [0.1, 0.15) is 0 Å². The number of carbonyl (C=O) groups is 1. The number of nitrogens with zero attached hydrogens (tertiary/aromatic N) is 1. The number of amides is 1. The van der Waals surface area contributed by atoms with E-state index in [0.29, 0.717) is 18.5 Å². The molecule has 1 atom stereocenters. The van der Waals surface area contributed by atoms with Gasteiger partial charge >= 0.3 is 5.69 Å². The predicted octanol–water partition coefficient (Wildman–Crippen LogP) is 0.411. The fourth-order valence-electron chi connectivity index (χ4n) is 3.17. The van der Waals surface area contributed by atoms with Crippen molar-refractivity contribution in [3.63, 3.8) is 0 Å². The summed E-state index contributed by atoms with van der Waals surface area (Å²) in [7, 11) is -4.14. The van der Waals surface area contributed by atoms with Gasteiger partial charge in [-0.05, 0) is 31.9 Å². The second-order valence-corrected chi connectivity index (χ2v) is 8.29. The zero-order chi connectivity index (χ0) is 19.6. The number of H-pyrrole nitrogens is 2. The third-order valence-electron chi connectivity index (χ3n) is 4.47. The fraction of sp³-hybridized carbons (Fsp3) is 0.353. The van der Waals surface area contributed by atoms with Crippen LogP contribution in [-0.2, 0) is 14.8 Å². The van der Waals surface area contributed by atoms with E-state index >= 15 is 0 Å². The molecule has 27 heavy (non-hydrogen) atoms. The van der Waals surface area contributed by atoms with Crippen LogP contribution in [0.2, 0.25) is 0 Å². The number of aryl methyl sites for hydroxylation is 1. The summed E-state index contributed by atoms with van der Waals surface area (Å²) in [5, 5.41) is 2.78. The molecule has 3 rings (SSSR count). The van der Waals surface area contributed by atoms with E-state index in [4.69, 9.17) is 0 Å². The Bertz CT molecular complexity index is 1060. The number of sulfonamides is 1. The van der Waals surface area contributed by atoms with Gasteiger partial charge in [0.05, 0.1) is 5.92 Å². The van der Waals surface area contributed by atoms with Crippen molar-refractivity contribution in [1.29, 1.82) is 0 Å². The minimum absolute atomic E-state index is 0.0281. The number of nitrogens with one attached hydrogen (secondary N) is 3. The number of hydrogen-bond donors (Lipinski definition) is 3. The molecule has 10 heteroatoms. The first-order chi connectivity index (χ1) is 12.8. The van der Waals surface area contributed by atoms with Crippen LogP contribution in [0.4, 0.5) is 5.69 Å². The quantitative estimate of drug-likeness (QED) is 0.693. The molecular weight excluding hydrogens is 372 g/mol. The lowest BCUT2D eigenvalue weighted by molar-refractivity contribution is -0.120. The van der Waals surface area contributed by atoms with E-state index in [-0.39, 0.29) is 24.7 Å². The van der Waals surface area contributed by atoms with Gasteiger partial charge in [-0.3, -0.25) is 14.6 Å². The van der Waals surface area contributed by atoms with Crippen LogP contribution in [0.1, 0.15) is 18.5 Å². The topological polar surface area (TPSA) is 132 Å². The lowest BCUT2D eigenvalue weighted by Crippen LogP contribution is -2.45. The molecule has 0 bridgehead atoms. The Kier molecular flexibility index (Phi) is 5.29. The molecule has 1 aliphatic heterocycles. The lowest BCUT2D eigenvalue weighted by atomic mass is 9.99. The molecular formula is C17H20N4O5S. The maximum atomic E-state index is 12.9. The number of aromatic nitrogens is 2. The zero-order valence-electron chi connectivity index (χ0n) is 14.7. The summed E-state index contributed by atoms with van der Waals surface area (Å²) >= 11 is 0. The number of carbonyl (C=O) groups excluding carboxylic acids is 1. The Morgan fingerprint density at radius 3 is 2.56 bits per heavy atom. The van der Waals surface area contributed by atoms with Crippen molar-refractivity contribution < 1.29 is 13.2 Å². The van der Waals surface area contributed by atoms with E-state index in [1.807, 2.05) is 11.1 Å². The summed E-state index contributed by atoms with van der Waals surface area (Å²) in [5.74, 6) is -0.802. The Labute approximate surface area is 155 Å². The molecule has 1 saturated heterocycles. The van der Waals surface area contributed by atoms with Crippen LogP contribution in [0.3, 0.4) is 0 Å². The number of benzene rings is 1. The van der Waals surface area contributed by atoms with Crippen LogP contribution in [0.15, 0.2) is 44.8 Å². The van der Waals surface area contributed by atoms with Crippen LogP contribution in [0, 0.1) is 12.8 Å². The van der Waals surface area contributed by atoms with Crippen LogP contribution in [0.5, 0.6) is 0 Å². The smallest absolute Gasteiger partial charge is 0.325 e. The molecule has 1 amide bonds. The summed E-state index contributed by atoms with van der Waals surface area (Å²) in [5.41, 5.74) is -1.13. The zero-order valence-corrected chi connectivity index (χ0v) is 15.5. The van der Waals surface area contributed by atoms with Crippen molar-refractivity contribution in [3.8, 4) is 0 Å². The molecule has 0 saturated carbocycles. The van der Waals surface area contributed by atoms with Crippen molar-refractivity contribution in [1.82, 2.24) is 14.3 Å². The first-order valence-corrected chi connectivity index (χ1v) is 9.92. The molecule has 1 fully saturated rings. The van der Waals surface area contributed by atoms with E-state index in [1.165, 1.54) is 6.92 Å². The minimum Gasteiger partial charge on any atom is -0.326 e. The van der Waals surface area contributed by atoms with Gasteiger partial charge in [0.15, 0.2) is 4.90 Å². The Morgan fingerprint density at radius 1 is 1.19 bits per heavy atom. The van der Waals surface area contributed by atoms with Crippen molar-refractivity contribution in [2.75, 3.05) is 18.4 Å². The van der Waals surface area contributed by atoms with Gasteiger partial charge in [-0.2, -0.15) is 4.31 Å². The first kappa shape index (κ1) is 19.1. The standard InChI is InChI=1S/C17H20N4O5S/c1-11-14(16(23)20-17(24)18-11)27(25,26)21-9-5-6-12(10-21)15(22)19-13-7-3-2-4-8-13/h2-4,7-8,12H,5-6,9-10H2,1H3,(H,19,22)(H2,18,20,23,24). The van der Waals surface area contributed by atoms with Gasteiger partial charge in [-0.25, -0.2) is 13.2 Å². The van der Waals surface area contributed by atoms with Gasteiger partial charge in [-0.1, -0.05) is 18.2 Å². The summed E-state index contributed by atoms with van der Waals surface area (Å²) in [6, 6.07) is 8.91. The average Bonchev–Trinajstić information content (AvgIpc) is 2.61. The number of aromatic amines is 2. The normalized spacial score (nSPS) is 18.2. The maximum Gasteiger partial charge on any atom is 0.325 e. The van der Waals surface area contributed by atoms with Crippen molar-refractivity contribution in [2.24, 2.45) is 5.92 Å². The number of piperidine rings is 1. The molecule has 3 N–H and O–H groups in total. The molecule has 2 aromatic rings. The Morgan fingerprint density at radius 2 is 1.89 bits per heavy atom. The molecule has 1 unspecified atom stereocenters. The molecule has 2 heterocycles. The predicted molar refractivity (Wildman–Crippen MR) is 99.0 cm³/mol. The van der Waals surface area contributed by atoms with E-state index in [9.17, 15) is 22.8 Å². The van der Waals surface area contributed by atoms with Crippen molar-refractivity contribution >= 4 is 21.6 Å². The molecule has 9 nitrogen and oxygen atoms in total. The molecule has 0 radical (unpaired) electrons. The van der Waals surface area contributed by atoms with Gasteiger partial charge in [-0.15, -0.1) is 0 Å². The minimum atomic E-state index is -4.14. The van der Waals surface area contributed by atoms with Crippen molar-refractivity contribution in [2.45, 2.75) is 24.7 Å². The van der Waals surface area contributed by atoms with E-state index in [0.717, 1.165) is 4.31 Å². The summed E-state index contributed by atoms with van der Waals surface area (Å²) in [6.07, 6.45) is 1.04. The molecule has 144 valence electrons. The monoisotopic (exact) mass is 392 g/mol. The number of rotatable bonds is 4. The highest BCUT2D eigenvalue weighted by Gasteiger charge is 2.35. The lowest BCUT2D eigenvalue weighted by Gasteiger charge is -2.31.